The Kier molecular flexibility index (Phi) is 3.62. The fraction of sp³-hybridized carbons (Fsp3) is 0.529. The highest BCUT2D eigenvalue weighted by Gasteiger charge is 2.36. The van der Waals surface area contributed by atoms with Gasteiger partial charge in [0.15, 0.2) is 5.13 Å². The van der Waals surface area contributed by atoms with Crippen molar-refractivity contribution in [2.45, 2.75) is 38.7 Å². The van der Waals surface area contributed by atoms with Crippen LogP contribution in [-0.4, -0.2) is 30.1 Å². The minimum absolute atomic E-state index is 0.163. The van der Waals surface area contributed by atoms with Crippen LogP contribution in [-0.2, 0) is 9.53 Å². The van der Waals surface area contributed by atoms with Gasteiger partial charge in [-0.15, -0.1) is 0 Å². The first-order chi connectivity index (χ1) is 10.7. The van der Waals surface area contributed by atoms with Crippen molar-refractivity contribution in [3.05, 3.63) is 23.8 Å². The first kappa shape index (κ1) is 14.2. The van der Waals surface area contributed by atoms with E-state index in [2.05, 4.69) is 19.1 Å². The van der Waals surface area contributed by atoms with E-state index in [0.29, 0.717) is 6.54 Å². The first-order valence-electron chi connectivity index (χ1n) is 8.01. The maximum Gasteiger partial charge on any atom is 0.231 e. The number of fused-ring (bicyclic) bond motifs is 1. The number of rotatable bonds is 4. The number of aromatic nitrogens is 1. The molecule has 5 heteroatoms. The van der Waals surface area contributed by atoms with Crippen LogP contribution in [0.25, 0.3) is 10.2 Å². The topological polar surface area (TPSA) is 42.4 Å². The zero-order valence-corrected chi connectivity index (χ0v) is 13.6. The highest BCUT2D eigenvalue weighted by atomic mass is 32.1. The van der Waals surface area contributed by atoms with Crippen molar-refractivity contribution in [2.24, 2.45) is 5.92 Å². The van der Waals surface area contributed by atoms with Crippen molar-refractivity contribution >= 4 is 32.6 Å². The molecule has 1 aliphatic carbocycles. The molecule has 0 unspecified atom stereocenters. The Balaban J connectivity index is 1.65. The van der Waals surface area contributed by atoms with Gasteiger partial charge in [0.25, 0.3) is 0 Å². The SMILES string of the molecule is Cc1ccc2nc(N(C[C@H]3CCCO3)C(=O)C3CC3)sc2c1. The Bertz CT molecular complexity index is 702. The van der Waals surface area contributed by atoms with E-state index in [0.717, 1.165) is 47.6 Å². The second-order valence-corrected chi connectivity index (χ2v) is 7.33. The lowest BCUT2D eigenvalue weighted by atomic mass is 10.2. The lowest BCUT2D eigenvalue weighted by Crippen LogP contribution is -2.38. The fourth-order valence-corrected chi connectivity index (χ4v) is 4.02. The summed E-state index contributed by atoms with van der Waals surface area (Å²) in [7, 11) is 0. The van der Waals surface area contributed by atoms with Crippen LogP contribution in [0, 0.1) is 12.8 Å². The second kappa shape index (κ2) is 5.63. The predicted octanol–water partition coefficient (Wildman–Crippen LogP) is 3.53. The van der Waals surface area contributed by atoms with Gasteiger partial charge in [0, 0.05) is 12.5 Å². The third-order valence-electron chi connectivity index (χ3n) is 4.37. The highest BCUT2D eigenvalue weighted by molar-refractivity contribution is 7.22. The van der Waals surface area contributed by atoms with Gasteiger partial charge in [0.2, 0.25) is 5.91 Å². The predicted molar refractivity (Wildman–Crippen MR) is 88.4 cm³/mol. The Morgan fingerprint density at radius 1 is 1.41 bits per heavy atom. The van der Waals surface area contributed by atoms with Crippen LogP contribution >= 0.6 is 11.3 Å². The average Bonchev–Trinajstić information content (AvgIpc) is 3.07. The quantitative estimate of drug-likeness (QED) is 0.866. The maximum atomic E-state index is 12.7. The van der Waals surface area contributed by atoms with Crippen molar-refractivity contribution in [3.8, 4) is 0 Å². The molecular formula is C17H20N2O2S. The molecule has 1 aromatic carbocycles. The van der Waals surface area contributed by atoms with E-state index in [1.54, 1.807) is 11.3 Å². The van der Waals surface area contributed by atoms with Crippen LogP contribution in [0.2, 0.25) is 0 Å². The number of hydrogen-bond acceptors (Lipinski definition) is 4. The van der Waals surface area contributed by atoms with E-state index in [-0.39, 0.29) is 17.9 Å². The zero-order chi connectivity index (χ0) is 15.1. The smallest absolute Gasteiger partial charge is 0.231 e. The van der Waals surface area contributed by atoms with Crippen LogP contribution in [0.1, 0.15) is 31.2 Å². The number of benzene rings is 1. The van der Waals surface area contributed by atoms with Crippen LogP contribution in [0.15, 0.2) is 18.2 Å². The lowest BCUT2D eigenvalue weighted by Gasteiger charge is -2.22. The summed E-state index contributed by atoms with van der Waals surface area (Å²) in [6.45, 7) is 3.54. The number of amides is 1. The van der Waals surface area contributed by atoms with Crippen molar-refractivity contribution < 1.29 is 9.53 Å². The van der Waals surface area contributed by atoms with Crippen LogP contribution in [0.4, 0.5) is 5.13 Å². The monoisotopic (exact) mass is 316 g/mol. The molecule has 22 heavy (non-hydrogen) atoms. The number of hydrogen-bond donors (Lipinski definition) is 0. The Morgan fingerprint density at radius 2 is 2.27 bits per heavy atom. The number of carbonyl (C=O) groups is 1. The molecule has 1 amide bonds. The maximum absolute atomic E-state index is 12.7. The number of aryl methyl sites for hydroxylation is 1. The normalized spacial score (nSPS) is 21.4. The molecule has 1 aromatic heterocycles. The number of ether oxygens (including phenoxy) is 1. The molecule has 2 fully saturated rings. The highest BCUT2D eigenvalue weighted by Crippen LogP contribution is 2.36. The third kappa shape index (κ3) is 2.75. The molecule has 2 aromatic rings. The van der Waals surface area contributed by atoms with Crippen LogP contribution in [0.3, 0.4) is 0 Å². The molecule has 0 bridgehead atoms. The van der Waals surface area contributed by atoms with E-state index >= 15 is 0 Å². The summed E-state index contributed by atoms with van der Waals surface area (Å²) in [5, 5.41) is 0.827. The summed E-state index contributed by atoms with van der Waals surface area (Å²) in [5.41, 5.74) is 2.20. The largest absolute Gasteiger partial charge is 0.376 e. The molecule has 116 valence electrons. The van der Waals surface area contributed by atoms with Gasteiger partial charge in [-0.3, -0.25) is 9.69 Å². The molecule has 0 N–H and O–H groups in total. The molecule has 1 saturated carbocycles. The average molecular weight is 316 g/mol. The van der Waals surface area contributed by atoms with Gasteiger partial charge in [-0.05, 0) is 50.3 Å². The van der Waals surface area contributed by atoms with Gasteiger partial charge < -0.3 is 4.74 Å². The van der Waals surface area contributed by atoms with Crippen molar-refractivity contribution in [3.63, 3.8) is 0 Å². The van der Waals surface area contributed by atoms with Gasteiger partial charge in [-0.2, -0.15) is 0 Å². The van der Waals surface area contributed by atoms with E-state index in [1.165, 1.54) is 5.56 Å². The van der Waals surface area contributed by atoms with Gasteiger partial charge in [0.1, 0.15) is 0 Å². The standard InChI is InChI=1S/C17H20N2O2S/c1-11-4-7-14-15(9-11)22-17(18-14)19(16(20)12-5-6-12)10-13-3-2-8-21-13/h4,7,9,12-13H,2-3,5-6,8,10H2,1H3/t13-/m1/s1. The van der Waals surface area contributed by atoms with Crippen molar-refractivity contribution in [1.82, 2.24) is 4.98 Å². The lowest BCUT2D eigenvalue weighted by molar-refractivity contribution is -0.120. The van der Waals surface area contributed by atoms with E-state index in [4.69, 9.17) is 9.72 Å². The number of nitrogens with zero attached hydrogens (tertiary/aromatic N) is 2. The fourth-order valence-electron chi connectivity index (χ4n) is 2.94. The summed E-state index contributed by atoms with van der Waals surface area (Å²) in [4.78, 5) is 19.3. The molecule has 1 saturated heterocycles. The Labute approximate surface area is 134 Å². The number of thiazole rings is 1. The molecule has 1 atom stereocenters. The van der Waals surface area contributed by atoms with Crippen molar-refractivity contribution in [1.29, 1.82) is 0 Å². The van der Waals surface area contributed by atoms with Gasteiger partial charge in [-0.1, -0.05) is 17.4 Å². The summed E-state index contributed by atoms with van der Waals surface area (Å²) in [6.07, 6.45) is 4.33. The van der Waals surface area contributed by atoms with Crippen molar-refractivity contribution in [2.75, 3.05) is 18.1 Å². The summed E-state index contributed by atoms with van der Waals surface area (Å²) in [6, 6.07) is 6.25. The summed E-state index contributed by atoms with van der Waals surface area (Å²) >= 11 is 1.61. The Morgan fingerprint density at radius 3 is 3.00 bits per heavy atom. The molecular weight excluding hydrogens is 296 g/mol. The minimum Gasteiger partial charge on any atom is -0.376 e. The van der Waals surface area contributed by atoms with Crippen LogP contribution in [0.5, 0.6) is 0 Å². The molecule has 4 rings (SSSR count). The molecule has 1 aliphatic heterocycles. The molecule has 2 aliphatic rings. The number of anilines is 1. The zero-order valence-electron chi connectivity index (χ0n) is 12.7. The van der Waals surface area contributed by atoms with E-state index < -0.39 is 0 Å². The summed E-state index contributed by atoms with van der Waals surface area (Å²) < 4.78 is 6.88. The van der Waals surface area contributed by atoms with Crippen LogP contribution < -0.4 is 4.90 Å². The van der Waals surface area contributed by atoms with E-state index in [9.17, 15) is 4.79 Å². The third-order valence-corrected chi connectivity index (χ3v) is 5.41. The molecule has 0 spiro atoms. The molecule has 4 nitrogen and oxygen atoms in total. The second-order valence-electron chi connectivity index (χ2n) is 6.33. The van der Waals surface area contributed by atoms with E-state index in [1.807, 2.05) is 11.0 Å². The van der Waals surface area contributed by atoms with Gasteiger partial charge in [-0.25, -0.2) is 4.98 Å². The minimum atomic E-state index is 0.163. The summed E-state index contributed by atoms with van der Waals surface area (Å²) in [5.74, 6) is 0.432. The van der Waals surface area contributed by atoms with Gasteiger partial charge in [0.05, 0.1) is 22.9 Å². The molecule has 0 radical (unpaired) electrons. The number of carbonyl (C=O) groups excluding carboxylic acids is 1. The van der Waals surface area contributed by atoms with Gasteiger partial charge >= 0.3 is 0 Å². The Hall–Kier alpha value is -1.46. The molecule has 2 heterocycles. The first-order valence-corrected chi connectivity index (χ1v) is 8.82.